The van der Waals surface area contributed by atoms with Gasteiger partial charge in [-0.15, -0.1) is 0 Å². The predicted molar refractivity (Wildman–Crippen MR) is 77.4 cm³/mol. The molecule has 0 aliphatic carbocycles. The third-order valence-corrected chi connectivity index (χ3v) is 5.06. The normalized spacial score (nSPS) is 21.4. The van der Waals surface area contributed by atoms with Gasteiger partial charge in [0.05, 0.1) is 17.2 Å². The number of sulfone groups is 1. The minimum atomic E-state index is -2.98. The topological polar surface area (TPSA) is 91.9 Å². The molecule has 1 fully saturated rings. The van der Waals surface area contributed by atoms with Crippen molar-refractivity contribution in [3.8, 4) is 0 Å². The number of rotatable bonds is 5. The molecule has 1 saturated heterocycles. The molecule has 2 heterocycles. The molecule has 2 rings (SSSR count). The molecule has 6 nitrogen and oxygen atoms in total. The van der Waals surface area contributed by atoms with Gasteiger partial charge in [0, 0.05) is 18.5 Å². The molecular formula is C13H21N3O3S. The number of nitrogens with zero attached hydrogens (tertiary/aromatic N) is 1. The molecule has 7 heteroatoms. The smallest absolute Gasteiger partial charge is 0.251 e. The van der Waals surface area contributed by atoms with E-state index in [-0.39, 0.29) is 23.0 Å². The van der Waals surface area contributed by atoms with Crippen molar-refractivity contribution < 1.29 is 8.42 Å². The van der Waals surface area contributed by atoms with Gasteiger partial charge in [-0.2, -0.15) is 0 Å². The van der Waals surface area contributed by atoms with Gasteiger partial charge in [0.15, 0.2) is 9.84 Å². The predicted octanol–water partition coefficient (Wildman–Crippen LogP) is 0.418. The van der Waals surface area contributed by atoms with E-state index in [9.17, 15) is 13.2 Å². The summed E-state index contributed by atoms with van der Waals surface area (Å²) in [5, 5.41) is 3.23. The zero-order valence-electron chi connectivity index (χ0n) is 11.8. The molecule has 1 aliphatic heterocycles. The second kappa shape index (κ2) is 6.05. The molecule has 0 amide bonds. The molecule has 20 heavy (non-hydrogen) atoms. The Kier molecular flexibility index (Phi) is 4.59. The minimum absolute atomic E-state index is 0.0822. The lowest BCUT2D eigenvalue weighted by molar-refractivity contribution is 0.545. The maximum Gasteiger partial charge on any atom is 0.251 e. The van der Waals surface area contributed by atoms with Crippen LogP contribution in [0.1, 0.15) is 37.7 Å². The molecule has 0 radical (unpaired) electrons. The lowest BCUT2D eigenvalue weighted by Crippen LogP contribution is -2.23. The van der Waals surface area contributed by atoms with E-state index in [2.05, 4.69) is 29.1 Å². The van der Waals surface area contributed by atoms with E-state index in [1.165, 1.54) is 6.07 Å². The quantitative estimate of drug-likeness (QED) is 0.822. The summed E-state index contributed by atoms with van der Waals surface area (Å²) in [6, 6.07) is 1.46. The summed E-state index contributed by atoms with van der Waals surface area (Å²) in [6.45, 7) is 5.58. The van der Waals surface area contributed by atoms with E-state index in [0.29, 0.717) is 30.4 Å². The third kappa shape index (κ3) is 4.14. The van der Waals surface area contributed by atoms with Crippen molar-refractivity contribution in [2.75, 3.05) is 18.1 Å². The second-order valence-corrected chi connectivity index (χ2v) is 7.98. The van der Waals surface area contributed by atoms with Crippen LogP contribution in [0.15, 0.2) is 10.9 Å². The van der Waals surface area contributed by atoms with E-state index in [1.54, 1.807) is 0 Å². The summed E-state index contributed by atoms with van der Waals surface area (Å²) in [5.74, 6) is 1.10. The van der Waals surface area contributed by atoms with E-state index in [0.717, 1.165) is 6.54 Å². The van der Waals surface area contributed by atoms with Crippen molar-refractivity contribution in [2.45, 2.75) is 32.7 Å². The molecule has 0 saturated carbocycles. The molecule has 1 unspecified atom stereocenters. The molecule has 1 aliphatic rings. The van der Waals surface area contributed by atoms with Crippen LogP contribution < -0.4 is 10.9 Å². The summed E-state index contributed by atoms with van der Waals surface area (Å²) in [7, 11) is -2.98. The van der Waals surface area contributed by atoms with Gasteiger partial charge in [-0.05, 0) is 18.9 Å². The van der Waals surface area contributed by atoms with Crippen LogP contribution in [0.3, 0.4) is 0 Å². The Morgan fingerprint density at radius 1 is 1.50 bits per heavy atom. The molecule has 0 spiro atoms. The Morgan fingerprint density at radius 3 is 2.85 bits per heavy atom. The standard InChI is InChI=1S/C13H21N3O3S/c1-9(2)6-14-7-11-5-12(17)16-13(15-11)10-3-4-20(18,19)8-10/h5,9-10,14H,3-4,6-8H2,1-2H3,(H,15,16,17). The van der Waals surface area contributed by atoms with E-state index in [4.69, 9.17) is 0 Å². The first kappa shape index (κ1) is 15.2. The summed E-state index contributed by atoms with van der Waals surface area (Å²) in [5.41, 5.74) is 0.439. The molecule has 1 aromatic rings. The van der Waals surface area contributed by atoms with Crippen molar-refractivity contribution in [1.29, 1.82) is 0 Å². The first-order chi connectivity index (χ1) is 9.35. The van der Waals surface area contributed by atoms with Gasteiger partial charge in [0.2, 0.25) is 0 Å². The van der Waals surface area contributed by atoms with Gasteiger partial charge in [0.25, 0.3) is 5.56 Å². The van der Waals surface area contributed by atoms with Gasteiger partial charge in [-0.1, -0.05) is 13.8 Å². The minimum Gasteiger partial charge on any atom is -0.311 e. The van der Waals surface area contributed by atoms with Crippen LogP contribution in [0.2, 0.25) is 0 Å². The van der Waals surface area contributed by atoms with E-state index in [1.807, 2.05) is 0 Å². The number of hydrogen-bond donors (Lipinski definition) is 2. The fourth-order valence-electron chi connectivity index (χ4n) is 2.31. The Hall–Kier alpha value is -1.21. The average Bonchev–Trinajstić information content (AvgIpc) is 2.68. The second-order valence-electron chi connectivity index (χ2n) is 5.75. The highest BCUT2D eigenvalue weighted by atomic mass is 32.2. The average molecular weight is 299 g/mol. The zero-order valence-corrected chi connectivity index (χ0v) is 12.7. The van der Waals surface area contributed by atoms with Gasteiger partial charge < -0.3 is 10.3 Å². The fourth-order valence-corrected chi connectivity index (χ4v) is 4.06. The van der Waals surface area contributed by atoms with Crippen molar-refractivity contribution in [1.82, 2.24) is 15.3 Å². The van der Waals surface area contributed by atoms with Crippen molar-refractivity contribution in [2.24, 2.45) is 5.92 Å². The Labute approximate surface area is 118 Å². The Morgan fingerprint density at radius 2 is 2.25 bits per heavy atom. The van der Waals surface area contributed by atoms with Crippen LogP contribution in [0.4, 0.5) is 0 Å². The van der Waals surface area contributed by atoms with Crippen LogP contribution in [-0.2, 0) is 16.4 Å². The molecule has 1 aromatic heterocycles. The highest BCUT2D eigenvalue weighted by Crippen LogP contribution is 2.25. The highest BCUT2D eigenvalue weighted by molar-refractivity contribution is 7.91. The number of nitrogens with one attached hydrogen (secondary N) is 2. The van der Waals surface area contributed by atoms with Gasteiger partial charge in [0.1, 0.15) is 5.82 Å². The van der Waals surface area contributed by atoms with Crippen LogP contribution in [0, 0.1) is 5.92 Å². The lowest BCUT2D eigenvalue weighted by atomic mass is 10.1. The molecule has 2 N–H and O–H groups in total. The number of H-pyrrole nitrogens is 1. The first-order valence-electron chi connectivity index (χ1n) is 6.87. The molecule has 1 atom stereocenters. The maximum atomic E-state index is 11.7. The molecule has 0 aromatic carbocycles. The van der Waals surface area contributed by atoms with Crippen molar-refractivity contribution in [3.63, 3.8) is 0 Å². The maximum absolute atomic E-state index is 11.7. The van der Waals surface area contributed by atoms with Gasteiger partial charge in [-0.25, -0.2) is 13.4 Å². The third-order valence-electron chi connectivity index (χ3n) is 3.29. The van der Waals surface area contributed by atoms with Crippen LogP contribution >= 0.6 is 0 Å². The van der Waals surface area contributed by atoms with Gasteiger partial charge in [-0.3, -0.25) is 4.79 Å². The first-order valence-corrected chi connectivity index (χ1v) is 8.69. The molecule has 0 bridgehead atoms. The monoisotopic (exact) mass is 299 g/mol. The zero-order chi connectivity index (χ0) is 14.8. The number of hydrogen-bond acceptors (Lipinski definition) is 5. The summed E-state index contributed by atoms with van der Waals surface area (Å²) < 4.78 is 23.0. The van der Waals surface area contributed by atoms with Crippen molar-refractivity contribution in [3.05, 3.63) is 27.9 Å². The molecule has 112 valence electrons. The summed E-state index contributed by atoms with van der Waals surface area (Å²) in [6.07, 6.45) is 0.536. The largest absolute Gasteiger partial charge is 0.311 e. The van der Waals surface area contributed by atoms with Crippen LogP contribution in [0.5, 0.6) is 0 Å². The molecular weight excluding hydrogens is 278 g/mol. The van der Waals surface area contributed by atoms with E-state index >= 15 is 0 Å². The Bertz CT molecular complexity index is 622. The SMILES string of the molecule is CC(C)CNCc1cc(=O)[nH]c(C2CCS(=O)(=O)C2)n1. The number of aromatic amines is 1. The Balaban J connectivity index is 2.11. The van der Waals surface area contributed by atoms with Gasteiger partial charge >= 0.3 is 0 Å². The van der Waals surface area contributed by atoms with E-state index < -0.39 is 9.84 Å². The van der Waals surface area contributed by atoms with Crippen LogP contribution in [-0.4, -0.2) is 36.4 Å². The fraction of sp³-hybridized carbons (Fsp3) is 0.692. The summed E-state index contributed by atoms with van der Waals surface area (Å²) >= 11 is 0. The lowest BCUT2D eigenvalue weighted by Gasteiger charge is -2.10. The number of aromatic nitrogens is 2. The van der Waals surface area contributed by atoms with Crippen LogP contribution in [0.25, 0.3) is 0 Å². The van der Waals surface area contributed by atoms with Crippen molar-refractivity contribution >= 4 is 9.84 Å². The summed E-state index contributed by atoms with van der Waals surface area (Å²) in [4.78, 5) is 18.7. The highest BCUT2D eigenvalue weighted by Gasteiger charge is 2.30.